The molecule has 2 aromatic rings. The van der Waals surface area contributed by atoms with Gasteiger partial charge in [0.2, 0.25) is 5.91 Å². The number of carbonyl (C=O) groups is 2. The van der Waals surface area contributed by atoms with Crippen LogP contribution in [0.2, 0.25) is 0 Å². The molecule has 0 aliphatic carbocycles. The first kappa shape index (κ1) is 17.4. The van der Waals surface area contributed by atoms with Crippen molar-refractivity contribution >= 4 is 11.8 Å². The van der Waals surface area contributed by atoms with E-state index in [4.69, 9.17) is 0 Å². The van der Waals surface area contributed by atoms with Gasteiger partial charge in [-0.1, -0.05) is 11.3 Å². The monoisotopic (exact) mass is 345 g/mol. The summed E-state index contributed by atoms with van der Waals surface area (Å²) in [6, 6.07) is 2.54. The van der Waals surface area contributed by atoms with Crippen LogP contribution in [0.3, 0.4) is 0 Å². The number of halogens is 4. The minimum atomic E-state index is -4.81. The molecule has 1 aromatic carbocycles. The van der Waals surface area contributed by atoms with Gasteiger partial charge in [-0.2, -0.15) is 13.2 Å². The fourth-order valence-electron chi connectivity index (χ4n) is 1.76. The van der Waals surface area contributed by atoms with Gasteiger partial charge in [0.15, 0.2) is 5.69 Å². The standard InChI is InChI=1S/C13H11F4N5O2/c1-7(23)18-20-12(24)11-6-22(21-19-11)5-8-2-3-10(14)9(4-8)13(15,16)17/h2-4,6H,5H2,1H3,(H,18,23)(H,20,24). The third kappa shape index (κ3) is 4.27. The van der Waals surface area contributed by atoms with E-state index >= 15 is 0 Å². The number of benzene rings is 1. The number of hydrogen-bond acceptors (Lipinski definition) is 4. The number of alkyl halides is 3. The van der Waals surface area contributed by atoms with Crippen LogP contribution < -0.4 is 10.9 Å². The Kier molecular flexibility index (Phi) is 4.81. The first-order valence-electron chi connectivity index (χ1n) is 6.49. The molecule has 24 heavy (non-hydrogen) atoms. The molecule has 2 rings (SSSR count). The molecule has 2 N–H and O–H groups in total. The Labute approximate surface area is 132 Å². The molecule has 128 valence electrons. The molecule has 0 atom stereocenters. The number of nitrogens with one attached hydrogen (secondary N) is 2. The Hall–Kier alpha value is -2.98. The van der Waals surface area contributed by atoms with Gasteiger partial charge in [0.05, 0.1) is 18.3 Å². The minimum absolute atomic E-state index is 0.127. The van der Waals surface area contributed by atoms with Gasteiger partial charge < -0.3 is 0 Å². The first-order valence-corrected chi connectivity index (χ1v) is 6.49. The van der Waals surface area contributed by atoms with Crippen LogP contribution in [-0.4, -0.2) is 26.8 Å². The topological polar surface area (TPSA) is 88.9 Å². The fourth-order valence-corrected chi connectivity index (χ4v) is 1.76. The summed E-state index contributed by atoms with van der Waals surface area (Å²) in [7, 11) is 0. The molecule has 2 amide bonds. The third-order valence-corrected chi connectivity index (χ3v) is 2.80. The zero-order valence-corrected chi connectivity index (χ0v) is 12.2. The Morgan fingerprint density at radius 2 is 1.96 bits per heavy atom. The van der Waals surface area contributed by atoms with E-state index in [1.807, 2.05) is 0 Å². The molecule has 0 aliphatic heterocycles. The van der Waals surface area contributed by atoms with Gasteiger partial charge in [-0.15, -0.1) is 5.10 Å². The molecule has 0 radical (unpaired) electrons. The predicted molar refractivity (Wildman–Crippen MR) is 71.8 cm³/mol. The SMILES string of the molecule is CC(=O)NNC(=O)c1cn(Cc2ccc(F)c(C(F)(F)F)c2)nn1. The van der Waals surface area contributed by atoms with Crippen LogP contribution in [0.4, 0.5) is 17.6 Å². The number of amides is 2. The fraction of sp³-hybridized carbons (Fsp3) is 0.231. The number of hydrogen-bond donors (Lipinski definition) is 2. The van der Waals surface area contributed by atoms with Crippen molar-refractivity contribution in [2.45, 2.75) is 19.6 Å². The number of carbonyl (C=O) groups excluding carboxylic acids is 2. The van der Waals surface area contributed by atoms with E-state index in [-0.39, 0.29) is 17.8 Å². The maximum absolute atomic E-state index is 13.2. The van der Waals surface area contributed by atoms with Gasteiger partial charge >= 0.3 is 6.18 Å². The van der Waals surface area contributed by atoms with Crippen LogP contribution in [0, 0.1) is 5.82 Å². The van der Waals surface area contributed by atoms with Gasteiger partial charge in [-0.05, 0) is 17.7 Å². The molecule has 0 unspecified atom stereocenters. The molecule has 0 fully saturated rings. The van der Waals surface area contributed by atoms with Crippen LogP contribution in [0.5, 0.6) is 0 Å². The Morgan fingerprint density at radius 1 is 1.25 bits per heavy atom. The average Bonchev–Trinajstić information content (AvgIpc) is 2.94. The first-order chi connectivity index (χ1) is 11.2. The van der Waals surface area contributed by atoms with Crippen molar-refractivity contribution in [1.82, 2.24) is 25.8 Å². The summed E-state index contributed by atoms with van der Waals surface area (Å²) < 4.78 is 52.3. The summed E-state index contributed by atoms with van der Waals surface area (Å²) >= 11 is 0. The molecule has 0 aliphatic rings. The van der Waals surface area contributed by atoms with Crippen molar-refractivity contribution in [3.8, 4) is 0 Å². The second kappa shape index (κ2) is 6.64. The third-order valence-electron chi connectivity index (χ3n) is 2.80. The number of hydrazine groups is 1. The summed E-state index contributed by atoms with van der Waals surface area (Å²) in [4.78, 5) is 22.3. The average molecular weight is 345 g/mol. The van der Waals surface area contributed by atoms with Gasteiger partial charge in [0, 0.05) is 6.92 Å². The summed E-state index contributed by atoms with van der Waals surface area (Å²) in [6.07, 6.45) is -3.64. The molecular formula is C13H11F4N5O2. The van der Waals surface area contributed by atoms with E-state index in [1.165, 1.54) is 19.2 Å². The van der Waals surface area contributed by atoms with Crippen molar-refractivity contribution in [3.63, 3.8) is 0 Å². The smallest absolute Gasteiger partial charge is 0.274 e. The zero-order valence-electron chi connectivity index (χ0n) is 12.2. The highest BCUT2D eigenvalue weighted by atomic mass is 19.4. The van der Waals surface area contributed by atoms with E-state index in [9.17, 15) is 27.2 Å². The minimum Gasteiger partial charge on any atom is -0.274 e. The van der Waals surface area contributed by atoms with Gasteiger partial charge in [-0.3, -0.25) is 20.4 Å². The van der Waals surface area contributed by atoms with E-state index in [2.05, 4.69) is 21.2 Å². The zero-order chi connectivity index (χ0) is 17.9. The molecule has 11 heteroatoms. The predicted octanol–water partition coefficient (Wildman–Crippen LogP) is 1.27. The second-order valence-electron chi connectivity index (χ2n) is 4.75. The van der Waals surface area contributed by atoms with Crippen molar-refractivity contribution in [3.05, 3.63) is 47.0 Å². The molecular weight excluding hydrogens is 334 g/mol. The van der Waals surface area contributed by atoms with Gasteiger partial charge in [0.1, 0.15) is 5.82 Å². The highest BCUT2D eigenvalue weighted by Gasteiger charge is 2.34. The van der Waals surface area contributed by atoms with E-state index in [0.717, 1.165) is 4.68 Å². The van der Waals surface area contributed by atoms with Crippen LogP contribution in [0.1, 0.15) is 28.5 Å². The molecule has 0 saturated carbocycles. The van der Waals surface area contributed by atoms with Crippen molar-refractivity contribution in [1.29, 1.82) is 0 Å². The Balaban J connectivity index is 2.13. The molecule has 0 saturated heterocycles. The number of aromatic nitrogens is 3. The lowest BCUT2D eigenvalue weighted by molar-refractivity contribution is -0.140. The van der Waals surface area contributed by atoms with E-state index < -0.39 is 29.4 Å². The molecule has 0 spiro atoms. The lowest BCUT2D eigenvalue weighted by Crippen LogP contribution is -2.40. The summed E-state index contributed by atoms with van der Waals surface area (Å²) in [5, 5.41) is 7.12. The van der Waals surface area contributed by atoms with E-state index in [1.54, 1.807) is 0 Å². The van der Waals surface area contributed by atoms with Gasteiger partial charge in [-0.25, -0.2) is 9.07 Å². The normalized spacial score (nSPS) is 11.2. The quantitative estimate of drug-likeness (QED) is 0.648. The van der Waals surface area contributed by atoms with Gasteiger partial charge in [0.25, 0.3) is 5.91 Å². The van der Waals surface area contributed by atoms with Crippen LogP contribution in [-0.2, 0) is 17.5 Å². The summed E-state index contributed by atoms with van der Waals surface area (Å²) in [5.74, 6) is -2.62. The highest BCUT2D eigenvalue weighted by Crippen LogP contribution is 2.31. The Bertz CT molecular complexity index is 772. The van der Waals surface area contributed by atoms with Crippen LogP contribution >= 0.6 is 0 Å². The number of rotatable bonds is 3. The van der Waals surface area contributed by atoms with E-state index in [0.29, 0.717) is 12.1 Å². The summed E-state index contributed by atoms with van der Waals surface area (Å²) in [6.45, 7) is 1.04. The highest BCUT2D eigenvalue weighted by molar-refractivity contribution is 5.93. The second-order valence-corrected chi connectivity index (χ2v) is 4.75. The lowest BCUT2D eigenvalue weighted by Gasteiger charge is -2.10. The largest absolute Gasteiger partial charge is 0.419 e. The van der Waals surface area contributed by atoms with Crippen molar-refractivity contribution in [2.24, 2.45) is 0 Å². The van der Waals surface area contributed by atoms with Crippen molar-refractivity contribution in [2.75, 3.05) is 0 Å². The summed E-state index contributed by atoms with van der Waals surface area (Å²) in [5.41, 5.74) is 2.70. The van der Waals surface area contributed by atoms with Crippen LogP contribution in [0.25, 0.3) is 0 Å². The van der Waals surface area contributed by atoms with Crippen LogP contribution in [0.15, 0.2) is 24.4 Å². The Morgan fingerprint density at radius 3 is 2.58 bits per heavy atom. The maximum Gasteiger partial charge on any atom is 0.419 e. The van der Waals surface area contributed by atoms with Crippen molar-refractivity contribution < 1.29 is 27.2 Å². The lowest BCUT2D eigenvalue weighted by atomic mass is 10.1. The number of nitrogens with zero attached hydrogens (tertiary/aromatic N) is 3. The molecule has 7 nitrogen and oxygen atoms in total. The maximum atomic E-state index is 13.2. The molecule has 0 bridgehead atoms. The molecule has 1 heterocycles. The molecule has 1 aromatic heterocycles.